The molecule has 9 nitrogen and oxygen atoms in total. The van der Waals surface area contributed by atoms with Crippen LogP contribution >= 0.6 is 0 Å². The summed E-state index contributed by atoms with van der Waals surface area (Å²) < 4.78 is 5.79. The lowest BCUT2D eigenvalue weighted by Gasteiger charge is -2.45. The molecule has 0 heterocycles. The first kappa shape index (κ1) is 25.4. The molecule has 1 aliphatic carbocycles. The summed E-state index contributed by atoms with van der Waals surface area (Å²) in [6.45, 7) is 0.154. The summed E-state index contributed by atoms with van der Waals surface area (Å²) in [7, 11) is 0. The van der Waals surface area contributed by atoms with Crippen molar-refractivity contribution >= 4 is 23.8 Å². The summed E-state index contributed by atoms with van der Waals surface area (Å²) in [6, 6.07) is 25.2. The first-order valence-corrected chi connectivity index (χ1v) is 11.6. The number of carboxylic acids is 3. The number of amides is 1. The lowest BCUT2D eigenvalue weighted by Crippen LogP contribution is -2.62. The highest BCUT2D eigenvalue weighted by molar-refractivity contribution is 5.98. The smallest absolute Gasteiger partial charge is 0.308 e. The van der Waals surface area contributed by atoms with Crippen LogP contribution in [0.15, 0.2) is 84.9 Å². The largest absolute Gasteiger partial charge is 0.481 e. The van der Waals surface area contributed by atoms with Crippen molar-refractivity contribution < 1.29 is 39.2 Å². The van der Waals surface area contributed by atoms with E-state index in [1.165, 1.54) is 4.90 Å². The van der Waals surface area contributed by atoms with Gasteiger partial charge in [-0.05, 0) is 35.4 Å². The number of carboxylic acid groups (broad SMARTS) is 3. The SMILES string of the molecule is O=C(O)C1[C@H](C(=O)O)C(C(=O)N(Cc2ccccc2)Cc2ccc(Oc3ccccc3)cc2)[C@H]1C(=O)O. The molecule has 3 aromatic carbocycles. The van der Waals surface area contributed by atoms with Crippen LogP contribution in [0.3, 0.4) is 0 Å². The van der Waals surface area contributed by atoms with E-state index >= 15 is 0 Å². The topological polar surface area (TPSA) is 141 Å². The molecule has 190 valence electrons. The minimum Gasteiger partial charge on any atom is -0.481 e. The number of nitrogens with zero attached hydrogens (tertiary/aromatic N) is 1. The molecule has 1 amide bonds. The van der Waals surface area contributed by atoms with Crippen molar-refractivity contribution in [2.24, 2.45) is 23.7 Å². The van der Waals surface area contributed by atoms with Gasteiger partial charge in [-0.3, -0.25) is 19.2 Å². The van der Waals surface area contributed by atoms with Crippen molar-refractivity contribution in [2.75, 3.05) is 0 Å². The molecule has 0 bridgehead atoms. The second-order valence-electron chi connectivity index (χ2n) is 8.86. The van der Waals surface area contributed by atoms with Gasteiger partial charge in [-0.2, -0.15) is 0 Å². The molecule has 0 unspecified atom stereocenters. The Kier molecular flexibility index (Phi) is 7.52. The normalized spacial score (nSPS) is 20.3. The molecule has 1 aliphatic rings. The first-order chi connectivity index (χ1) is 17.8. The van der Waals surface area contributed by atoms with E-state index in [-0.39, 0.29) is 13.1 Å². The molecule has 2 atom stereocenters. The van der Waals surface area contributed by atoms with Crippen molar-refractivity contribution in [2.45, 2.75) is 13.1 Å². The van der Waals surface area contributed by atoms with Crippen LogP contribution in [0.4, 0.5) is 0 Å². The molecule has 0 saturated heterocycles. The fourth-order valence-electron chi connectivity index (χ4n) is 4.71. The van der Waals surface area contributed by atoms with Crippen molar-refractivity contribution in [1.82, 2.24) is 4.90 Å². The van der Waals surface area contributed by atoms with Gasteiger partial charge in [0.25, 0.3) is 0 Å². The number of benzene rings is 3. The van der Waals surface area contributed by atoms with E-state index < -0.39 is 47.5 Å². The highest BCUT2D eigenvalue weighted by Crippen LogP contribution is 2.48. The number of carbonyl (C=O) groups excluding carboxylic acids is 1. The third-order valence-electron chi connectivity index (χ3n) is 6.49. The molecular formula is C28H25NO8. The van der Waals surface area contributed by atoms with Crippen molar-refractivity contribution in [3.8, 4) is 11.5 Å². The van der Waals surface area contributed by atoms with E-state index in [0.29, 0.717) is 17.1 Å². The molecular weight excluding hydrogens is 478 g/mol. The Bertz CT molecular complexity index is 1250. The third-order valence-corrected chi connectivity index (χ3v) is 6.49. The molecule has 0 spiro atoms. The molecule has 0 aromatic heterocycles. The lowest BCUT2D eigenvalue weighted by molar-refractivity contribution is -0.190. The minimum absolute atomic E-state index is 0.0618. The van der Waals surface area contributed by atoms with E-state index in [9.17, 15) is 34.5 Å². The molecule has 9 heteroatoms. The van der Waals surface area contributed by atoms with E-state index in [0.717, 1.165) is 5.56 Å². The van der Waals surface area contributed by atoms with Crippen LogP contribution in [0, 0.1) is 23.7 Å². The Labute approximate surface area is 212 Å². The number of hydrogen-bond donors (Lipinski definition) is 3. The van der Waals surface area contributed by atoms with Gasteiger partial charge in [-0.25, -0.2) is 0 Å². The fraction of sp³-hybridized carbons (Fsp3) is 0.214. The Hall–Kier alpha value is -4.66. The Morgan fingerprint density at radius 2 is 0.973 bits per heavy atom. The Morgan fingerprint density at radius 1 is 0.568 bits per heavy atom. The molecule has 1 saturated carbocycles. The van der Waals surface area contributed by atoms with Gasteiger partial charge in [-0.1, -0.05) is 60.7 Å². The van der Waals surface area contributed by atoms with Crippen LogP contribution in [0.1, 0.15) is 11.1 Å². The summed E-state index contributed by atoms with van der Waals surface area (Å²) in [5, 5.41) is 28.7. The lowest BCUT2D eigenvalue weighted by atomic mass is 9.56. The van der Waals surface area contributed by atoms with Gasteiger partial charge >= 0.3 is 17.9 Å². The van der Waals surface area contributed by atoms with Gasteiger partial charge in [-0.15, -0.1) is 0 Å². The van der Waals surface area contributed by atoms with Crippen molar-refractivity contribution in [3.05, 3.63) is 96.1 Å². The average molecular weight is 504 g/mol. The number of carbonyl (C=O) groups is 4. The second-order valence-corrected chi connectivity index (χ2v) is 8.86. The van der Waals surface area contributed by atoms with Gasteiger partial charge in [0.2, 0.25) is 5.91 Å². The van der Waals surface area contributed by atoms with E-state index in [1.807, 2.05) is 36.4 Å². The van der Waals surface area contributed by atoms with Crippen LogP contribution < -0.4 is 4.74 Å². The highest BCUT2D eigenvalue weighted by Gasteiger charge is 2.64. The number of rotatable bonds is 10. The van der Waals surface area contributed by atoms with Crippen LogP contribution in [-0.4, -0.2) is 44.0 Å². The Morgan fingerprint density at radius 3 is 1.46 bits per heavy atom. The number of ether oxygens (including phenoxy) is 1. The molecule has 37 heavy (non-hydrogen) atoms. The Balaban J connectivity index is 1.59. The number of hydrogen-bond acceptors (Lipinski definition) is 5. The summed E-state index contributed by atoms with van der Waals surface area (Å²) in [4.78, 5) is 50.4. The molecule has 0 aliphatic heterocycles. The maximum Gasteiger partial charge on any atom is 0.308 e. The first-order valence-electron chi connectivity index (χ1n) is 11.6. The monoisotopic (exact) mass is 503 g/mol. The van der Waals surface area contributed by atoms with Crippen molar-refractivity contribution in [3.63, 3.8) is 0 Å². The van der Waals surface area contributed by atoms with Crippen molar-refractivity contribution in [1.29, 1.82) is 0 Å². The van der Waals surface area contributed by atoms with Gasteiger partial charge in [0.05, 0.1) is 23.7 Å². The minimum atomic E-state index is -1.68. The van der Waals surface area contributed by atoms with Gasteiger partial charge < -0.3 is 25.0 Å². The predicted octanol–water partition coefficient (Wildman–Crippen LogP) is 3.74. The standard InChI is InChI=1S/C28H25NO8/c30-25(21-22(26(31)32)24(28(35)36)23(21)27(33)34)29(15-17-7-3-1-4-8-17)16-18-11-13-20(14-12-18)37-19-9-5-2-6-10-19/h1-14,21-24H,15-16H2,(H,31,32)(H,33,34)(H,35,36)/t21?,22-,23-,24?/m1/s1. The van der Waals surface area contributed by atoms with E-state index in [4.69, 9.17) is 4.74 Å². The van der Waals surface area contributed by atoms with E-state index in [2.05, 4.69) is 0 Å². The molecule has 4 rings (SSSR count). The zero-order valence-corrected chi connectivity index (χ0v) is 19.6. The van der Waals surface area contributed by atoms with Crippen LogP contribution in [0.5, 0.6) is 11.5 Å². The molecule has 0 radical (unpaired) electrons. The average Bonchev–Trinajstić information content (AvgIpc) is 2.84. The van der Waals surface area contributed by atoms with Gasteiger partial charge in [0.1, 0.15) is 11.5 Å². The van der Waals surface area contributed by atoms with Crippen LogP contribution in [-0.2, 0) is 32.3 Å². The number of para-hydroxylation sites is 1. The van der Waals surface area contributed by atoms with Crippen LogP contribution in [0.2, 0.25) is 0 Å². The van der Waals surface area contributed by atoms with Crippen LogP contribution in [0.25, 0.3) is 0 Å². The second kappa shape index (κ2) is 10.9. The summed E-state index contributed by atoms with van der Waals surface area (Å²) in [6.07, 6.45) is 0. The zero-order chi connectivity index (χ0) is 26.5. The van der Waals surface area contributed by atoms with E-state index in [1.54, 1.807) is 48.5 Å². The zero-order valence-electron chi connectivity index (χ0n) is 19.6. The summed E-state index contributed by atoms with van der Waals surface area (Å²) in [5.41, 5.74) is 1.46. The van der Waals surface area contributed by atoms with Gasteiger partial charge in [0.15, 0.2) is 0 Å². The molecule has 1 fully saturated rings. The molecule has 3 aromatic rings. The number of aliphatic carboxylic acids is 3. The summed E-state index contributed by atoms with van der Waals surface area (Å²) >= 11 is 0. The quantitative estimate of drug-likeness (QED) is 0.380. The summed E-state index contributed by atoms with van der Waals surface area (Å²) in [5.74, 6) is -10.5. The fourth-order valence-corrected chi connectivity index (χ4v) is 4.71. The maximum atomic E-state index is 13.6. The van der Waals surface area contributed by atoms with Gasteiger partial charge in [0, 0.05) is 13.1 Å². The highest BCUT2D eigenvalue weighted by atomic mass is 16.5. The predicted molar refractivity (Wildman–Crippen MR) is 131 cm³/mol. The maximum absolute atomic E-state index is 13.6. The third kappa shape index (κ3) is 5.61. The molecule has 3 N–H and O–H groups in total.